The third kappa shape index (κ3) is 2.37. The van der Waals surface area contributed by atoms with E-state index in [0.29, 0.717) is 12.0 Å². The number of rotatable bonds is 2. The normalized spacial score (nSPS) is 13.9. The van der Waals surface area contributed by atoms with Gasteiger partial charge in [0.05, 0.1) is 0 Å². The maximum absolute atomic E-state index is 11.9. The summed E-state index contributed by atoms with van der Waals surface area (Å²) in [6.07, 6.45) is 2.10. The smallest absolute Gasteiger partial charge is 0.233 e. The van der Waals surface area contributed by atoms with Gasteiger partial charge >= 0.3 is 0 Å². The summed E-state index contributed by atoms with van der Waals surface area (Å²) in [5, 5.41) is 0. The SMILES string of the molecule is O=C1C=C(Cc2ccccc2)c2cc(Br)ccc2C1=O. The number of allylic oxidation sites excluding steroid dienone is 2. The molecule has 0 saturated heterocycles. The fourth-order valence-electron chi connectivity index (χ4n) is 2.38. The molecule has 0 N–H and O–H groups in total. The number of ketones is 2. The van der Waals surface area contributed by atoms with E-state index in [4.69, 9.17) is 0 Å². The summed E-state index contributed by atoms with van der Waals surface area (Å²) in [5.41, 5.74) is 3.34. The Hall–Kier alpha value is -2.00. The minimum atomic E-state index is -0.439. The average molecular weight is 327 g/mol. The van der Waals surface area contributed by atoms with E-state index in [1.54, 1.807) is 12.1 Å². The van der Waals surface area contributed by atoms with Gasteiger partial charge in [-0.2, -0.15) is 0 Å². The van der Waals surface area contributed by atoms with Crippen LogP contribution < -0.4 is 0 Å². The van der Waals surface area contributed by atoms with Crippen LogP contribution in [0.4, 0.5) is 0 Å². The number of benzene rings is 2. The summed E-state index contributed by atoms with van der Waals surface area (Å²) in [6.45, 7) is 0. The lowest BCUT2D eigenvalue weighted by molar-refractivity contribution is -0.111. The molecular formula is C17H11BrO2. The molecule has 0 amide bonds. The van der Waals surface area contributed by atoms with Crippen LogP contribution in [-0.2, 0) is 11.2 Å². The molecule has 0 aromatic heterocycles. The van der Waals surface area contributed by atoms with Crippen LogP contribution in [0.5, 0.6) is 0 Å². The van der Waals surface area contributed by atoms with Gasteiger partial charge in [0.1, 0.15) is 0 Å². The van der Waals surface area contributed by atoms with Crippen molar-refractivity contribution in [1.29, 1.82) is 0 Å². The lowest BCUT2D eigenvalue weighted by Crippen LogP contribution is -2.19. The standard InChI is InChI=1S/C17H11BrO2/c18-13-6-7-14-15(10-13)12(9-16(19)17(14)20)8-11-4-2-1-3-5-11/h1-7,9-10H,8H2. The topological polar surface area (TPSA) is 34.1 Å². The predicted octanol–water partition coefficient (Wildman–Crippen LogP) is 3.84. The Kier molecular flexibility index (Phi) is 3.36. The summed E-state index contributed by atoms with van der Waals surface area (Å²) < 4.78 is 0.900. The van der Waals surface area contributed by atoms with E-state index < -0.39 is 11.6 Å². The molecule has 0 unspecified atom stereocenters. The van der Waals surface area contributed by atoms with Crippen LogP contribution in [0, 0.1) is 0 Å². The van der Waals surface area contributed by atoms with Crippen LogP contribution in [0.1, 0.15) is 21.5 Å². The minimum Gasteiger partial charge on any atom is -0.286 e. The van der Waals surface area contributed by atoms with Crippen molar-refractivity contribution in [2.45, 2.75) is 6.42 Å². The van der Waals surface area contributed by atoms with E-state index in [2.05, 4.69) is 15.9 Å². The number of hydrogen-bond donors (Lipinski definition) is 0. The predicted molar refractivity (Wildman–Crippen MR) is 81.6 cm³/mol. The second-order valence-corrected chi connectivity index (χ2v) is 5.63. The van der Waals surface area contributed by atoms with E-state index in [1.807, 2.05) is 36.4 Å². The van der Waals surface area contributed by atoms with Gasteiger partial charge in [-0.1, -0.05) is 46.3 Å². The quantitative estimate of drug-likeness (QED) is 0.786. The molecule has 1 aliphatic carbocycles. The summed E-state index contributed by atoms with van der Waals surface area (Å²) >= 11 is 3.41. The zero-order valence-corrected chi connectivity index (χ0v) is 12.2. The molecule has 2 aromatic carbocycles. The highest BCUT2D eigenvalue weighted by Gasteiger charge is 2.25. The molecule has 3 heteroatoms. The minimum absolute atomic E-state index is 0.427. The van der Waals surface area contributed by atoms with Crippen LogP contribution in [0.25, 0.3) is 5.57 Å². The van der Waals surface area contributed by atoms with Crippen molar-refractivity contribution in [2.75, 3.05) is 0 Å². The van der Waals surface area contributed by atoms with Crippen LogP contribution in [0.3, 0.4) is 0 Å². The van der Waals surface area contributed by atoms with Gasteiger partial charge in [-0.3, -0.25) is 9.59 Å². The largest absolute Gasteiger partial charge is 0.286 e. The van der Waals surface area contributed by atoms with E-state index in [-0.39, 0.29) is 0 Å². The molecule has 1 aliphatic rings. The first-order chi connectivity index (χ1) is 9.65. The molecule has 3 rings (SSSR count). The van der Waals surface area contributed by atoms with Crippen molar-refractivity contribution in [2.24, 2.45) is 0 Å². The molecule has 0 fully saturated rings. The lowest BCUT2D eigenvalue weighted by Gasteiger charge is -2.16. The Balaban J connectivity index is 2.07. The van der Waals surface area contributed by atoms with Crippen molar-refractivity contribution in [1.82, 2.24) is 0 Å². The summed E-state index contributed by atoms with van der Waals surface area (Å²) in [5.74, 6) is -0.866. The van der Waals surface area contributed by atoms with Gasteiger partial charge in [0, 0.05) is 10.0 Å². The Morgan fingerprint density at radius 3 is 2.40 bits per heavy atom. The molecule has 0 aliphatic heterocycles. The first-order valence-corrected chi connectivity index (χ1v) is 7.07. The van der Waals surface area contributed by atoms with Gasteiger partial charge in [-0.05, 0) is 47.4 Å². The second-order valence-electron chi connectivity index (χ2n) is 4.72. The van der Waals surface area contributed by atoms with E-state index in [9.17, 15) is 9.59 Å². The number of Topliss-reactive ketones (excluding diaryl/α,β-unsaturated/α-hetero) is 1. The highest BCUT2D eigenvalue weighted by molar-refractivity contribution is 9.10. The van der Waals surface area contributed by atoms with Crippen LogP contribution in [0.15, 0.2) is 59.1 Å². The molecular weight excluding hydrogens is 316 g/mol. The van der Waals surface area contributed by atoms with Crippen molar-refractivity contribution in [3.05, 3.63) is 75.8 Å². The highest BCUT2D eigenvalue weighted by Crippen LogP contribution is 2.30. The second kappa shape index (κ2) is 5.17. The molecule has 0 saturated carbocycles. The molecule has 0 spiro atoms. The molecule has 20 heavy (non-hydrogen) atoms. The van der Waals surface area contributed by atoms with Gasteiger partial charge < -0.3 is 0 Å². The van der Waals surface area contributed by atoms with Crippen molar-refractivity contribution in [3.8, 4) is 0 Å². The van der Waals surface area contributed by atoms with Gasteiger partial charge in [0.2, 0.25) is 11.6 Å². The number of hydrogen-bond acceptors (Lipinski definition) is 2. The summed E-state index contributed by atoms with van der Waals surface area (Å²) in [7, 11) is 0. The molecule has 0 heterocycles. The van der Waals surface area contributed by atoms with E-state index in [1.165, 1.54) is 6.08 Å². The number of carbonyl (C=O) groups is 2. The van der Waals surface area contributed by atoms with E-state index >= 15 is 0 Å². The van der Waals surface area contributed by atoms with E-state index in [0.717, 1.165) is 21.2 Å². The van der Waals surface area contributed by atoms with Gasteiger partial charge in [-0.15, -0.1) is 0 Å². The molecule has 0 atom stereocenters. The maximum Gasteiger partial charge on any atom is 0.233 e. The zero-order chi connectivity index (χ0) is 14.1. The van der Waals surface area contributed by atoms with Crippen LogP contribution in [-0.4, -0.2) is 11.6 Å². The number of fused-ring (bicyclic) bond motifs is 1. The molecule has 2 aromatic rings. The zero-order valence-electron chi connectivity index (χ0n) is 10.6. The first-order valence-electron chi connectivity index (χ1n) is 6.28. The fourth-order valence-corrected chi connectivity index (χ4v) is 2.74. The number of halogens is 1. The van der Waals surface area contributed by atoms with Gasteiger partial charge in [0.15, 0.2) is 0 Å². The maximum atomic E-state index is 11.9. The lowest BCUT2D eigenvalue weighted by atomic mass is 9.86. The van der Waals surface area contributed by atoms with Crippen molar-refractivity contribution < 1.29 is 9.59 Å². The Morgan fingerprint density at radius 1 is 0.900 bits per heavy atom. The van der Waals surface area contributed by atoms with Crippen molar-refractivity contribution in [3.63, 3.8) is 0 Å². The third-order valence-electron chi connectivity index (χ3n) is 3.34. The van der Waals surface area contributed by atoms with Crippen molar-refractivity contribution >= 4 is 33.1 Å². The fraction of sp³-hybridized carbons (Fsp3) is 0.0588. The van der Waals surface area contributed by atoms with Gasteiger partial charge in [0.25, 0.3) is 0 Å². The monoisotopic (exact) mass is 326 g/mol. The van der Waals surface area contributed by atoms with Gasteiger partial charge in [-0.25, -0.2) is 0 Å². The number of carbonyl (C=O) groups excluding carboxylic acids is 2. The summed E-state index contributed by atoms with van der Waals surface area (Å²) in [4.78, 5) is 23.7. The molecule has 2 nitrogen and oxygen atoms in total. The average Bonchev–Trinajstić information content (AvgIpc) is 2.45. The van der Waals surface area contributed by atoms with Crippen LogP contribution in [0.2, 0.25) is 0 Å². The third-order valence-corrected chi connectivity index (χ3v) is 3.83. The Morgan fingerprint density at radius 2 is 1.65 bits per heavy atom. The highest BCUT2D eigenvalue weighted by atomic mass is 79.9. The van der Waals surface area contributed by atoms with Crippen LogP contribution >= 0.6 is 15.9 Å². The summed E-state index contributed by atoms with van der Waals surface area (Å²) in [6, 6.07) is 15.3. The molecule has 98 valence electrons. The molecule has 0 radical (unpaired) electrons. The molecule has 0 bridgehead atoms. The first kappa shape index (κ1) is 13.0. The Bertz CT molecular complexity index is 730. The Labute approximate surface area is 125 Å².